The maximum Gasteiger partial charge on any atom is 0.328 e. The number of thiazole rings is 1. The lowest BCUT2D eigenvalue weighted by Crippen LogP contribution is -2.38. The molecule has 31 heavy (non-hydrogen) atoms. The summed E-state index contributed by atoms with van der Waals surface area (Å²) in [4.78, 5) is 29.6. The molecule has 1 fully saturated rings. The van der Waals surface area contributed by atoms with Crippen LogP contribution < -0.4 is 10.2 Å². The number of urea groups is 1. The third-order valence-electron chi connectivity index (χ3n) is 5.06. The van der Waals surface area contributed by atoms with Crippen LogP contribution in [0.2, 0.25) is 10.0 Å². The van der Waals surface area contributed by atoms with Crippen LogP contribution >= 0.6 is 46.3 Å². The van der Waals surface area contributed by atoms with Gasteiger partial charge in [-0.2, -0.15) is 0 Å². The van der Waals surface area contributed by atoms with Crippen LogP contribution in [-0.2, 0) is 4.79 Å². The third kappa shape index (κ3) is 6.25. The fourth-order valence-corrected chi connectivity index (χ4v) is 5.49. The lowest BCUT2D eigenvalue weighted by atomic mass is 10.1. The van der Waals surface area contributed by atoms with E-state index < -0.39 is 23.7 Å². The summed E-state index contributed by atoms with van der Waals surface area (Å²) in [6.45, 7) is 2.00. The van der Waals surface area contributed by atoms with Gasteiger partial charge in [0.2, 0.25) is 0 Å². The molecule has 1 aliphatic carbocycles. The number of thioether (sulfide) groups is 1. The van der Waals surface area contributed by atoms with Crippen molar-refractivity contribution in [2.24, 2.45) is 11.8 Å². The summed E-state index contributed by atoms with van der Waals surface area (Å²) in [5, 5.41) is 11.9. The summed E-state index contributed by atoms with van der Waals surface area (Å²) >= 11 is 14.5. The van der Waals surface area contributed by atoms with E-state index in [4.69, 9.17) is 28.3 Å². The zero-order valence-electron chi connectivity index (χ0n) is 16.7. The van der Waals surface area contributed by atoms with Crippen LogP contribution in [0.5, 0.6) is 0 Å². The second kappa shape index (κ2) is 10.8. The number of hydrogen-bond acceptors (Lipinski definition) is 5. The van der Waals surface area contributed by atoms with Crippen LogP contribution in [0.4, 0.5) is 20.0 Å². The van der Waals surface area contributed by atoms with E-state index in [-0.39, 0.29) is 21.7 Å². The Morgan fingerprint density at radius 2 is 2.10 bits per heavy atom. The van der Waals surface area contributed by atoms with Gasteiger partial charge in [0.15, 0.2) is 10.9 Å². The Kier molecular flexibility index (Phi) is 8.43. The number of hydrogen-bond donors (Lipinski definition) is 2. The smallest absolute Gasteiger partial charge is 0.328 e. The van der Waals surface area contributed by atoms with Crippen molar-refractivity contribution in [2.45, 2.75) is 36.8 Å². The van der Waals surface area contributed by atoms with Gasteiger partial charge in [-0.15, -0.1) is 11.8 Å². The Morgan fingerprint density at radius 3 is 2.77 bits per heavy atom. The van der Waals surface area contributed by atoms with E-state index >= 15 is 0 Å². The molecule has 0 bridgehead atoms. The van der Waals surface area contributed by atoms with Gasteiger partial charge in [0.25, 0.3) is 0 Å². The standard InChI is InChI=1S/C20H22Cl2FN3O3S2/c1-11(18(27)28)10-30-15-8-24-19(31-15)25-20(29)26(9-12-4-2-3-5-12)14-7-6-13(21)16(22)17(14)23/h6-8,11-12H,2-5,9-10H2,1H3,(H,27,28)(H,24,25,29). The van der Waals surface area contributed by atoms with Gasteiger partial charge in [0, 0.05) is 12.3 Å². The molecule has 2 aromatic rings. The molecule has 1 saturated carbocycles. The SMILES string of the molecule is CC(CSc1cnc(NC(=O)N(CC2CCCC2)c2ccc(Cl)c(Cl)c2F)s1)C(=O)O. The van der Waals surface area contributed by atoms with Crippen molar-refractivity contribution in [1.82, 2.24) is 4.98 Å². The minimum Gasteiger partial charge on any atom is -0.481 e. The van der Waals surface area contributed by atoms with Crippen molar-refractivity contribution < 1.29 is 19.1 Å². The second-order valence-electron chi connectivity index (χ2n) is 7.42. The first-order valence-electron chi connectivity index (χ1n) is 9.79. The summed E-state index contributed by atoms with van der Waals surface area (Å²) in [5.74, 6) is -1.42. The van der Waals surface area contributed by atoms with E-state index in [2.05, 4.69) is 10.3 Å². The molecular formula is C20H22Cl2FN3O3S2. The number of benzene rings is 1. The highest BCUT2D eigenvalue weighted by Gasteiger charge is 2.27. The summed E-state index contributed by atoms with van der Waals surface area (Å²) < 4.78 is 15.6. The Balaban J connectivity index is 1.75. The molecule has 0 aliphatic heterocycles. The van der Waals surface area contributed by atoms with Gasteiger partial charge in [-0.05, 0) is 30.9 Å². The molecule has 6 nitrogen and oxygen atoms in total. The number of nitrogens with zero attached hydrogens (tertiary/aromatic N) is 2. The fourth-order valence-electron chi connectivity index (χ4n) is 3.29. The van der Waals surface area contributed by atoms with Gasteiger partial charge >= 0.3 is 12.0 Å². The molecule has 0 saturated heterocycles. The first kappa shape index (κ1) is 24.1. The van der Waals surface area contributed by atoms with Gasteiger partial charge in [0.05, 0.1) is 32.1 Å². The molecule has 1 atom stereocenters. The predicted molar refractivity (Wildman–Crippen MR) is 124 cm³/mol. The van der Waals surface area contributed by atoms with Gasteiger partial charge in [0.1, 0.15) is 0 Å². The Morgan fingerprint density at radius 1 is 1.39 bits per heavy atom. The average molecular weight is 506 g/mol. The monoisotopic (exact) mass is 505 g/mol. The minimum atomic E-state index is -0.864. The molecule has 3 rings (SSSR count). The van der Waals surface area contributed by atoms with E-state index in [1.54, 1.807) is 13.1 Å². The maximum absolute atomic E-state index is 14.8. The van der Waals surface area contributed by atoms with E-state index in [0.29, 0.717) is 17.4 Å². The largest absolute Gasteiger partial charge is 0.481 e. The van der Waals surface area contributed by atoms with E-state index in [9.17, 15) is 14.0 Å². The summed E-state index contributed by atoms with van der Waals surface area (Å²) in [7, 11) is 0. The zero-order valence-corrected chi connectivity index (χ0v) is 19.9. The Bertz CT molecular complexity index is 954. The number of halogens is 3. The van der Waals surface area contributed by atoms with Gasteiger partial charge in [-0.1, -0.05) is 54.3 Å². The number of rotatable bonds is 8. The lowest BCUT2D eigenvalue weighted by Gasteiger charge is -2.26. The molecule has 11 heteroatoms. The quantitative estimate of drug-likeness (QED) is 0.310. The molecule has 0 radical (unpaired) electrons. The number of nitrogens with one attached hydrogen (secondary N) is 1. The van der Waals surface area contributed by atoms with Crippen LogP contribution in [0.15, 0.2) is 22.5 Å². The number of carbonyl (C=O) groups excluding carboxylic acids is 1. The highest BCUT2D eigenvalue weighted by atomic mass is 35.5. The number of aliphatic carboxylic acids is 1. The first-order valence-corrected chi connectivity index (χ1v) is 12.4. The van der Waals surface area contributed by atoms with Gasteiger partial charge < -0.3 is 5.11 Å². The van der Waals surface area contributed by atoms with Gasteiger partial charge in [-0.3, -0.25) is 15.0 Å². The molecule has 2 N–H and O–H groups in total. The highest BCUT2D eigenvalue weighted by Crippen LogP contribution is 2.35. The topological polar surface area (TPSA) is 82.5 Å². The lowest BCUT2D eigenvalue weighted by molar-refractivity contribution is -0.140. The predicted octanol–water partition coefficient (Wildman–Crippen LogP) is 6.63. The zero-order chi connectivity index (χ0) is 22.5. The number of carboxylic acid groups (broad SMARTS) is 1. The average Bonchev–Trinajstić information content (AvgIpc) is 3.41. The van der Waals surface area contributed by atoms with Crippen LogP contribution in [-0.4, -0.2) is 34.4 Å². The normalized spacial score (nSPS) is 15.1. The third-order valence-corrected chi connectivity index (χ3v) is 8.21. The Labute approximate surface area is 198 Å². The van der Waals surface area contributed by atoms with Crippen LogP contribution in [0.3, 0.4) is 0 Å². The van der Waals surface area contributed by atoms with Crippen molar-refractivity contribution in [3.63, 3.8) is 0 Å². The minimum absolute atomic E-state index is 0.0697. The number of carbonyl (C=O) groups is 2. The molecule has 1 heterocycles. The highest BCUT2D eigenvalue weighted by molar-refractivity contribution is 8.01. The van der Waals surface area contributed by atoms with E-state index in [1.165, 1.54) is 40.1 Å². The van der Waals surface area contributed by atoms with Crippen LogP contribution in [0.1, 0.15) is 32.6 Å². The summed E-state index contributed by atoms with van der Waals surface area (Å²) in [6, 6.07) is 2.42. The Hall–Kier alpha value is -1.55. The second-order valence-corrected chi connectivity index (χ2v) is 10.6. The molecule has 1 aromatic carbocycles. The van der Waals surface area contributed by atoms with Crippen molar-refractivity contribution in [1.29, 1.82) is 0 Å². The molecule has 1 aromatic heterocycles. The van der Waals surface area contributed by atoms with Crippen LogP contribution in [0.25, 0.3) is 0 Å². The number of aromatic nitrogens is 1. The molecule has 1 unspecified atom stereocenters. The van der Waals surface area contributed by atoms with Crippen molar-refractivity contribution in [3.8, 4) is 0 Å². The fraction of sp³-hybridized carbons (Fsp3) is 0.450. The van der Waals surface area contributed by atoms with Gasteiger partial charge in [-0.25, -0.2) is 14.2 Å². The molecular weight excluding hydrogens is 484 g/mol. The van der Waals surface area contributed by atoms with E-state index in [0.717, 1.165) is 29.9 Å². The molecule has 1 aliphatic rings. The van der Waals surface area contributed by atoms with Crippen LogP contribution in [0, 0.1) is 17.7 Å². The van der Waals surface area contributed by atoms with Crippen molar-refractivity contribution in [3.05, 3.63) is 34.2 Å². The molecule has 2 amide bonds. The summed E-state index contributed by atoms with van der Waals surface area (Å²) in [5.41, 5.74) is 0.0697. The number of anilines is 2. The summed E-state index contributed by atoms with van der Waals surface area (Å²) in [6.07, 6.45) is 5.72. The molecule has 168 valence electrons. The van der Waals surface area contributed by atoms with Crippen molar-refractivity contribution >= 4 is 69.1 Å². The first-order chi connectivity index (χ1) is 14.8. The maximum atomic E-state index is 14.8. The molecule has 0 spiro atoms. The van der Waals surface area contributed by atoms with E-state index in [1.807, 2.05) is 0 Å². The number of amides is 2. The van der Waals surface area contributed by atoms with Crippen molar-refractivity contribution in [2.75, 3.05) is 22.5 Å². The number of carboxylic acids is 1.